The standard InChI is InChI=1S/C16H19BrN2O/c1-11-3-5-12(6-4-11)15(19-18)10-13-9-14(17)7-8-16(13)20-2/h3-9,15,19H,10,18H2,1-2H3. The zero-order chi connectivity index (χ0) is 14.5. The van der Waals surface area contributed by atoms with E-state index in [4.69, 9.17) is 10.6 Å². The second kappa shape index (κ2) is 6.88. The molecule has 2 aromatic carbocycles. The van der Waals surface area contributed by atoms with Gasteiger partial charge < -0.3 is 4.74 Å². The third kappa shape index (κ3) is 3.60. The second-order valence-corrected chi connectivity index (χ2v) is 5.71. The van der Waals surface area contributed by atoms with Crippen LogP contribution in [0.15, 0.2) is 46.9 Å². The third-order valence-corrected chi connectivity index (χ3v) is 3.84. The van der Waals surface area contributed by atoms with E-state index in [0.717, 1.165) is 22.2 Å². The van der Waals surface area contributed by atoms with Gasteiger partial charge in [0.15, 0.2) is 0 Å². The van der Waals surface area contributed by atoms with E-state index < -0.39 is 0 Å². The lowest BCUT2D eigenvalue weighted by atomic mass is 9.98. The van der Waals surface area contributed by atoms with Crippen LogP contribution >= 0.6 is 15.9 Å². The van der Waals surface area contributed by atoms with Crippen molar-refractivity contribution in [3.05, 3.63) is 63.6 Å². The number of benzene rings is 2. The molecule has 0 amide bonds. The fraction of sp³-hybridized carbons (Fsp3) is 0.250. The molecule has 0 aliphatic carbocycles. The smallest absolute Gasteiger partial charge is 0.122 e. The van der Waals surface area contributed by atoms with Crippen LogP contribution in [0.3, 0.4) is 0 Å². The minimum atomic E-state index is 0.0544. The number of hydrogen-bond acceptors (Lipinski definition) is 3. The molecule has 0 aliphatic heterocycles. The summed E-state index contributed by atoms with van der Waals surface area (Å²) in [5.41, 5.74) is 6.41. The summed E-state index contributed by atoms with van der Waals surface area (Å²) in [6.07, 6.45) is 0.766. The molecule has 0 aliphatic rings. The summed E-state index contributed by atoms with van der Waals surface area (Å²) in [5, 5.41) is 0. The molecule has 0 saturated carbocycles. The molecule has 2 aromatic rings. The van der Waals surface area contributed by atoms with Gasteiger partial charge in [0.05, 0.1) is 13.2 Å². The molecule has 0 heterocycles. The first-order chi connectivity index (χ1) is 9.63. The average molecular weight is 335 g/mol. The minimum Gasteiger partial charge on any atom is -0.496 e. The number of halogens is 1. The molecule has 0 aromatic heterocycles. The van der Waals surface area contributed by atoms with Crippen LogP contribution in [-0.2, 0) is 6.42 Å². The summed E-state index contributed by atoms with van der Waals surface area (Å²) in [6, 6.07) is 14.4. The maximum absolute atomic E-state index is 5.72. The molecule has 3 nitrogen and oxygen atoms in total. The van der Waals surface area contributed by atoms with Gasteiger partial charge in [0.25, 0.3) is 0 Å². The molecule has 1 unspecified atom stereocenters. The van der Waals surface area contributed by atoms with Gasteiger partial charge in [-0.1, -0.05) is 45.8 Å². The second-order valence-electron chi connectivity index (χ2n) is 4.79. The van der Waals surface area contributed by atoms with Crippen molar-refractivity contribution in [2.24, 2.45) is 5.84 Å². The highest BCUT2D eigenvalue weighted by Gasteiger charge is 2.13. The van der Waals surface area contributed by atoms with E-state index in [2.05, 4.69) is 58.6 Å². The van der Waals surface area contributed by atoms with Crippen LogP contribution in [0.25, 0.3) is 0 Å². The Bertz CT molecular complexity index is 569. The zero-order valence-corrected chi connectivity index (χ0v) is 13.3. The van der Waals surface area contributed by atoms with Crippen LogP contribution < -0.4 is 16.0 Å². The van der Waals surface area contributed by atoms with Crippen molar-refractivity contribution < 1.29 is 4.74 Å². The fourth-order valence-electron chi connectivity index (χ4n) is 2.20. The van der Waals surface area contributed by atoms with Gasteiger partial charge in [-0.05, 0) is 42.7 Å². The number of ether oxygens (including phenoxy) is 1. The summed E-state index contributed by atoms with van der Waals surface area (Å²) >= 11 is 3.50. The first-order valence-corrected chi connectivity index (χ1v) is 7.28. The van der Waals surface area contributed by atoms with E-state index >= 15 is 0 Å². The Balaban J connectivity index is 2.26. The number of aryl methyl sites for hydroxylation is 1. The van der Waals surface area contributed by atoms with Crippen LogP contribution in [0, 0.1) is 6.92 Å². The summed E-state index contributed by atoms with van der Waals surface area (Å²) < 4.78 is 6.45. The van der Waals surface area contributed by atoms with Crippen LogP contribution in [0.4, 0.5) is 0 Å². The summed E-state index contributed by atoms with van der Waals surface area (Å²) in [7, 11) is 1.68. The Morgan fingerprint density at radius 2 is 1.90 bits per heavy atom. The van der Waals surface area contributed by atoms with Gasteiger partial charge in [-0.15, -0.1) is 0 Å². The van der Waals surface area contributed by atoms with E-state index in [1.807, 2.05) is 12.1 Å². The Hall–Kier alpha value is -1.36. The van der Waals surface area contributed by atoms with Crippen molar-refractivity contribution in [3.8, 4) is 5.75 Å². The highest BCUT2D eigenvalue weighted by atomic mass is 79.9. The number of methoxy groups -OCH3 is 1. The maximum atomic E-state index is 5.72. The summed E-state index contributed by atoms with van der Waals surface area (Å²) in [5.74, 6) is 6.59. The summed E-state index contributed by atoms with van der Waals surface area (Å²) in [6.45, 7) is 2.08. The monoisotopic (exact) mass is 334 g/mol. The largest absolute Gasteiger partial charge is 0.496 e. The SMILES string of the molecule is COc1ccc(Br)cc1CC(NN)c1ccc(C)cc1. The van der Waals surface area contributed by atoms with Gasteiger partial charge in [-0.2, -0.15) is 0 Å². The predicted octanol–water partition coefficient (Wildman–Crippen LogP) is 3.51. The highest BCUT2D eigenvalue weighted by molar-refractivity contribution is 9.10. The van der Waals surface area contributed by atoms with Gasteiger partial charge >= 0.3 is 0 Å². The molecule has 0 fully saturated rings. The lowest BCUT2D eigenvalue weighted by Gasteiger charge is -2.18. The first kappa shape index (κ1) is 15.0. The molecule has 0 spiro atoms. The van der Waals surface area contributed by atoms with Crippen molar-refractivity contribution in [2.45, 2.75) is 19.4 Å². The molecule has 0 saturated heterocycles. The average Bonchev–Trinajstić information content (AvgIpc) is 2.46. The lowest BCUT2D eigenvalue weighted by Crippen LogP contribution is -2.29. The van der Waals surface area contributed by atoms with Crippen LogP contribution in [0.1, 0.15) is 22.7 Å². The number of hydrazine groups is 1. The van der Waals surface area contributed by atoms with Gasteiger partial charge in [-0.25, -0.2) is 0 Å². The third-order valence-electron chi connectivity index (χ3n) is 3.35. The van der Waals surface area contributed by atoms with Gasteiger partial charge in [-0.3, -0.25) is 11.3 Å². The number of nitrogens with two attached hydrogens (primary N) is 1. The van der Waals surface area contributed by atoms with E-state index in [0.29, 0.717) is 0 Å². The zero-order valence-electron chi connectivity index (χ0n) is 11.7. The normalized spacial score (nSPS) is 12.2. The highest BCUT2D eigenvalue weighted by Crippen LogP contribution is 2.27. The van der Waals surface area contributed by atoms with E-state index in [9.17, 15) is 0 Å². The van der Waals surface area contributed by atoms with Gasteiger partial charge in [0.2, 0.25) is 0 Å². The predicted molar refractivity (Wildman–Crippen MR) is 85.6 cm³/mol. The molecule has 3 N–H and O–H groups in total. The Kier molecular flexibility index (Phi) is 5.17. The molecule has 0 bridgehead atoms. The molecular weight excluding hydrogens is 316 g/mol. The molecule has 4 heteroatoms. The Morgan fingerprint density at radius 1 is 1.20 bits per heavy atom. The molecule has 0 radical (unpaired) electrons. The van der Waals surface area contributed by atoms with E-state index in [1.165, 1.54) is 11.1 Å². The van der Waals surface area contributed by atoms with E-state index in [-0.39, 0.29) is 6.04 Å². The topological polar surface area (TPSA) is 47.3 Å². The van der Waals surface area contributed by atoms with Crippen LogP contribution in [-0.4, -0.2) is 7.11 Å². The van der Waals surface area contributed by atoms with Crippen molar-refractivity contribution in [1.82, 2.24) is 5.43 Å². The van der Waals surface area contributed by atoms with Crippen LogP contribution in [0.5, 0.6) is 5.75 Å². The molecule has 2 rings (SSSR count). The quantitative estimate of drug-likeness (QED) is 0.649. The Morgan fingerprint density at radius 3 is 2.50 bits per heavy atom. The fourth-order valence-corrected chi connectivity index (χ4v) is 2.61. The lowest BCUT2D eigenvalue weighted by molar-refractivity contribution is 0.405. The minimum absolute atomic E-state index is 0.0544. The van der Waals surface area contributed by atoms with Crippen molar-refractivity contribution in [1.29, 1.82) is 0 Å². The number of hydrogen-bond donors (Lipinski definition) is 2. The molecule has 20 heavy (non-hydrogen) atoms. The van der Waals surface area contributed by atoms with E-state index in [1.54, 1.807) is 7.11 Å². The van der Waals surface area contributed by atoms with Crippen molar-refractivity contribution in [3.63, 3.8) is 0 Å². The molecule has 1 atom stereocenters. The van der Waals surface area contributed by atoms with Crippen molar-refractivity contribution in [2.75, 3.05) is 7.11 Å². The van der Waals surface area contributed by atoms with Crippen molar-refractivity contribution >= 4 is 15.9 Å². The maximum Gasteiger partial charge on any atom is 0.122 e. The van der Waals surface area contributed by atoms with Crippen LogP contribution in [0.2, 0.25) is 0 Å². The Labute approximate surface area is 128 Å². The number of rotatable bonds is 5. The molecular formula is C16H19BrN2O. The summed E-state index contributed by atoms with van der Waals surface area (Å²) in [4.78, 5) is 0. The first-order valence-electron chi connectivity index (χ1n) is 6.49. The van der Waals surface area contributed by atoms with Gasteiger partial charge in [0.1, 0.15) is 5.75 Å². The number of nitrogens with one attached hydrogen (secondary N) is 1. The van der Waals surface area contributed by atoms with Gasteiger partial charge in [0, 0.05) is 4.47 Å². The molecule has 106 valence electrons.